The predicted octanol–water partition coefficient (Wildman–Crippen LogP) is 0.121. The van der Waals surface area contributed by atoms with E-state index in [0.29, 0.717) is 13.0 Å². The van der Waals surface area contributed by atoms with Crippen LogP contribution in [0, 0.1) is 0 Å². The summed E-state index contributed by atoms with van der Waals surface area (Å²) in [7, 11) is 1.56. The molecule has 3 N–H and O–H groups in total. The molecule has 0 amide bonds. The molecule has 0 spiro atoms. The summed E-state index contributed by atoms with van der Waals surface area (Å²) in [5.41, 5.74) is 5.34. The van der Waals surface area contributed by atoms with Crippen LogP contribution in [0.1, 0.15) is 20.3 Å². The van der Waals surface area contributed by atoms with Gasteiger partial charge in [-0.2, -0.15) is 0 Å². The molecule has 0 radical (unpaired) electrons. The molecule has 0 rings (SSSR count). The first-order valence-corrected chi connectivity index (χ1v) is 3.41. The Balaban J connectivity index is 3.47. The molecule has 0 aromatic heterocycles. The molecule has 1 atom stereocenters. The minimum absolute atomic E-state index is 0.308. The fourth-order valence-corrected chi connectivity index (χ4v) is 0.859. The number of hydrogen-bond donors (Lipinski definition) is 2. The first-order chi connectivity index (χ1) is 4.45. The number of aliphatic hydroxyl groups is 1. The summed E-state index contributed by atoms with van der Waals surface area (Å²) in [6.45, 7) is 4.12. The van der Waals surface area contributed by atoms with Crippen LogP contribution in [0.5, 0.6) is 0 Å². The van der Waals surface area contributed by atoms with Gasteiger partial charge in [-0.15, -0.1) is 0 Å². The van der Waals surface area contributed by atoms with E-state index < -0.39 is 6.10 Å². The van der Waals surface area contributed by atoms with Crippen molar-refractivity contribution in [3.05, 3.63) is 0 Å². The van der Waals surface area contributed by atoms with Crippen molar-refractivity contribution >= 4 is 0 Å². The smallest absolute Gasteiger partial charge is 0.0790 e. The van der Waals surface area contributed by atoms with Gasteiger partial charge in [0.2, 0.25) is 0 Å². The second-order valence-electron chi connectivity index (χ2n) is 3.30. The Labute approximate surface area is 62.2 Å². The lowest BCUT2D eigenvalue weighted by atomic mass is 9.99. The summed E-state index contributed by atoms with van der Waals surface area (Å²) in [5.74, 6) is 0. The van der Waals surface area contributed by atoms with Gasteiger partial charge in [0.15, 0.2) is 0 Å². The van der Waals surface area contributed by atoms with E-state index in [1.54, 1.807) is 7.11 Å². The quantitative estimate of drug-likeness (QED) is 0.594. The Bertz CT molecular complexity index is 88.1. The summed E-state index contributed by atoms with van der Waals surface area (Å²) in [6, 6.07) is 0. The minimum atomic E-state index is -0.440. The molecule has 10 heavy (non-hydrogen) atoms. The zero-order chi connectivity index (χ0) is 8.20. The van der Waals surface area contributed by atoms with Gasteiger partial charge in [0.1, 0.15) is 0 Å². The van der Waals surface area contributed by atoms with Crippen LogP contribution >= 0.6 is 0 Å². The number of aliphatic hydroxyl groups excluding tert-OH is 1. The van der Waals surface area contributed by atoms with Crippen molar-refractivity contribution in [2.45, 2.75) is 31.9 Å². The lowest BCUT2D eigenvalue weighted by Gasteiger charge is -2.21. The highest BCUT2D eigenvalue weighted by Gasteiger charge is 2.16. The minimum Gasteiger partial charge on any atom is -0.391 e. The highest BCUT2D eigenvalue weighted by Crippen LogP contribution is 2.07. The molecule has 62 valence electrons. The SMILES string of the molecule is COCC(O)CC(C)(C)N. The molecule has 0 fully saturated rings. The third kappa shape index (κ3) is 6.01. The molecule has 3 heteroatoms. The van der Waals surface area contributed by atoms with Crippen LogP contribution in [-0.4, -0.2) is 30.5 Å². The average Bonchev–Trinajstić information content (AvgIpc) is 1.59. The first-order valence-electron chi connectivity index (χ1n) is 3.41. The van der Waals surface area contributed by atoms with Gasteiger partial charge in [0.05, 0.1) is 12.7 Å². The van der Waals surface area contributed by atoms with Gasteiger partial charge in [-0.3, -0.25) is 0 Å². The first kappa shape index (κ1) is 9.88. The van der Waals surface area contributed by atoms with Crippen molar-refractivity contribution in [3.8, 4) is 0 Å². The van der Waals surface area contributed by atoms with E-state index in [2.05, 4.69) is 0 Å². The largest absolute Gasteiger partial charge is 0.391 e. The molecule has 0 aliphatic rings. The molecular formula is C7H17NO2. The maximum atomic E-state index is 9.18. The topological polar surface area (TPSA) is 55.5 Å². The molecule has 0 aliphatic carbocycles. The zero-order valence-corrected chi connectivity index (χ0v) is 6.92. The summed E-state index contributed by atoms with van der Waals surface area (Å²) in [6.07, 6.45) is 0.130. The Kier molecular flexibility index (Phi) is 3.86. The second kappa shape index (κ2) is 3.91. The highest BCUT2D eigenvalue weighted by atomic mass is 16.5. The average molecular weight is 147 g/mol. The molecule has 3 nitrogen and oxygen atoms in total. The van der Waals surface area contributed by atoms with E-state index in [-0.39, 0.29) is 5.54 Å². The number of hydrogen-bond acceptors (Lipinski definition) is 3. The van der Waals surface area contributed by atoms with Crippen LogP contribution in [0.25, 0.3) is 0 Å². The van der Waals surface area contributed by atoms with Crippen LogP contribution in [0.4, 0.5) is 0 Å². The maximum absolute atomic E-state index is 9.18. The van der Waals surface area contributed by atoms with Crippen LogP contribution in [0.15, 0.2) is 0 Å². The number of methoxy groups -OCH3 is 1. The van der Waals surface area contributed by atoms with Gasteiger partial charge in [0, 0.05) is 12.6 Å². The monoisotopic (exact) mass is 147 g/mol. The van der Waals surface area contributed by atoms with Crippen molar-refractivity contribution in [3.63, 3.8) is 0 Å². The highest BCUT2D eigenvalue weighted by molar-refractivity contribution is 4.75. The lowest BCUT2D eigenvalue weighted by Crippen LogP contribution is -2.37. The Morgan fingerprint density at radius 3 is 2.40 bits per heavy atom. The van der Waals surface area contributed by atoms with Crippen molar-refractivity contribution in [2.75, 3.05) is 13.7 Å². The van der Waals surface area contributed by atoms with Gasteiger partial charge in [-0.25, -0.2) is 0 Å². The summed E-state index contributed by atoms with van der Waals surface area (Å²) < 4.78 is 4.74. The maximum Gasteiger partial charge on any atom is 0.0790 e. The van der Waals surface area contributed by atoms with Gasteiger partial charge in [-0.1, -0.05) is 0 Å². The lowest BCUT2D eigenvalue weighted by molar-refractivity contribution is 0.0477. The van der Waals surface area contributed by atoms with Gasteiger partial charge < -0.3 is 15.6 Å². The molecule has 0 aliphatic heterocycles. The number of ether oxygens (including phenoxy) is 1. The number of nitrogens with two attached hydrogens (primary N) is 1. The van der Waals surface area contributed by atoms with Crippen molar-refractivity contribution in [1.82, 2.24) is 0 Å². The molecule has 0 saturated carbocycles. The Morgan fingerprint density at radius 1 is 1.60 bits per heavy atom. The van der Waals surface area contributed by atoms with E-state index in [0.717, 1.165) is 0 Å². The molecule has 0 aromatic rings. The van der Waals surface area contributed by atoms with E-state index in [1.807, 2.05) is 13.8 Å². The van der Waals surface area contributed by atoms with Gasteiger partial charge >= 0.3 is 0 Å². The van der Waals surface area contributed by atoms with Crippen molar-refractivity contribution < 1.29 is 9.84 Å². The van der Waals surface area contributed by atoms with Crippen LogP contribution in [0.2, 0.25) is 0 Å². The summed E-state index contributed by atoms with van der Waals surface area (Å²) in [5, 5.41) is 9.18. The number of rotatable bonds is 4. The third-order valence-electron chi connectivity index (χ3n) is 1.12. The van der Waals surface area contributed by atoms with Crippen LogP contribution in [0.3, 0.4) is 0 Å². The van der Waals surface area contributed by atoms with E-state index >= 15 is 0 Å². The molecule has 0 aromatic carbocycles. The standard InChI is InChI=1S/C7H17NO2/c1-7(2,8)4-6(9)5-10-3/h6,9H,4-5,8H2,1-3H3. The third-order valence-corrected chi connectivity index (χ3v) is 1.12. The molecular weight excluding hydrogens is 130 g/mol. The molecule has 0 bridgehead atoms. The molecule has 0 saturated heterocycles. The Morgan fingerprint density at radius 2 is 2.10 bits per heavy atom. The molecule has 1 unspecified atom stereocenters. The fourth-order valence-electron chi connectivity index (χ4n) is 0.859. The predicted molar refractivity (Wildman–Crippen MR) is 40.8 cm³/mol. The summed E-state index contributed by atoms with van der Waals surface area (Å²) in [4.78, 5) is 0. The van der Waals surface area contributed by atoms with E-state index in [4.69, 9.17) is 10.5 Å². The second-order valence-corrected chi connectivity index (χ2v) is 3.30. The van der Waals surface area contributed by atoms with Crippen LogP contribution < -0.4 is 5.73 Å². The van der Waals surface area contributed by atoms with Gasteiger partial charge in [-0.05, 0) is 20.3 Å². The van der Waals surface area contributed by atoms with Crippen LogP contribution in [-0.2, 0) is 4.74 Å². The zero-order valence-electron chi connectivity index (χ0n) is 6.92. The van der Waals surface area contributed by atoms with E-state index in [9.17, 15) is 5.11 Å². The molecule has 0 heterocycles. The van der Waals surface area contributed by atoms with Crippen molar-refractivity contribution in [1.29, 1.82) is 0 Å². The van der Waals surface area contributed by atoms with Crippen molar-refractivity contribution in [2.24, 2.45) is 5.73 Å². The fraction of sp³-hybridized carbons (Fsp3) is 1.00. The summed E-state index contributed by atoms with van der Waals surface area (Å²) >= 11 is 0. The van der Waals surface area contributed by atoms with E-state index in [1.165, 1.54) is 0 Å². The Hall–Kier alpha value is -0.120. The van der Waals surface area contributed by atoms with Gasteiger partial charge in [0.25, 0.3) is 0 Å². The normalized spacial score (nSPS) is 15.3.